The van der Waals surface area contributed by atoms with E-state index in [-0.39, 0.29) is 5.78 Å². The van der Waals surface area contributed by atoms with Gasteiger partial charge in [-0.15, -0.1) is 0 Å². The Balaban J connectivity index is 2.65. The number of hydrogen-bond donors (Lipinski definition) is 0. The molecule has 0 fully saturated rings. The van der Waals surface area contributed by atoms with Gasteiger partial charge >= 0.3 is 0 Å². The Morgan fingerprint density at radius 1 is 1.36 bits per heavy atom. The smallest absolute Gasteiger partial charge is 0.164 e. The standard InChI is InChI=1S/C10H9ClO2S/c11-8-4-1-3-7-9(12)5-2-6-14(13)10(7)8/h1,3-4H,2,5-6H2. The summed E-state index contributed by atoms with van der Waals surface area (Å²) in [6, 6.07) is 5.10. The highest BCUT2D eigenvalue weighted by atomic mass is 35.5. The van der Waals surface area contributed by atoms with Gasteiger partial charge < -0.3 is 0 Å². The van der Waals surface area contributed by atoms with E-state index < -0.39 is 10.8 Å². The maximum Gasteiger partial charge on any atom is 0.164 e. The van der Waals surface area contributed by atoms with Crippen LogP contribution in [0.5, 0.6) is 0 Å². The lowest BCUT2D eigenvalue weighted by molar-refractivity contribution is 0.0980. The minimum atomic E-state index is -1.12. The van der Waals surface area contributed by atoms with Crippen LogP contribution in [0.15, 0.2) is 23.1 Å². The summed E-state index contributed by atoms with van der Waals surface area (Å²) >= 11 is 5.93. The Morgan fingerprint density at radius 3 is 2.93 bits per heavy atom. The molecule has 0 bridgehead atoms. The molecule has 0 saturated heterocycles. The zero-order valence-corrected chi connectivity index (χ0v) is 9.03. The van der Waals surface area contributed by atoms with Crippen molar-refractivity contribution >= 4 is 28.2 Å². The lowest BCUT2D eigenvalue weighted by Gasteiger charge is -2.04. The summed E-state index contributed by atoms with van der Waals surface area (Å²) in [6.07, 6.45) is 1.15. The summed E-state index contributed by atoms with van der Waals surface area (Å²) < 4.78 is 11.7. The van der Waals surface area contributed by atoms with E-state index in [0.717, 1.165) is 0 Å². The molecule has 1 aliphatic rings. The van der Waals surface area contributed by atoms with Gasteiger partial charge in [0.1, 0.15) is 0 Å². The normalized spacial score (nSPS) is 21.5. The van der Waals surface area contributed by atoms with Crippen LogP contribution in [0.2, 0.25) is 5.02 Å². The second-order valence-corrected chi connectivity index (χ2v) is 5.11. The van der Waals surface area contributed by atoms with Crippen LogP contribution in [0, 0.1) is 0 Å². The first-order chi connectivity index (χ1) is 6.70. The fourth-order valence-corrected chi connectivity index (χ4v) is 3.32. The molecule has 2 rings (SSSR count). The lowest BCUT2D eigenvalue weighted by Crippen LogP contribution is -2.01. The van der Waals surface area contributed by atoms with Crippen molar-refractivity contribution in [3.05, 3.63) is 28.8 Å². The third-order valence-corrected chi connectivity index (χ3v) is 4.21. The molecular weight excluding hydrogens is 220 g/mol. The number of carbonyl (C=O) groups excluding carboxylic acids is 1. The van der Waals surface area contributed by atoms with Crippen molar-refractivity contribution in [1.29, 1.82) is 0 Å². The zero-order chi connectivity index (χ0) is 10.1. The van der Waals surface area contributed by atoms with Gasteiger partial charge in [0.2, 0.25) is 0 Å². The second kappa shape index (κ2) is 3.83. The fraction of sp³-hybridized carbons (Fsp3) is 0.300. The van der Waals surface area contributed by atoms with E-state index in [1.165, 1.54) is 0 Å². The van der Waals surface area contributed by atoms with Gasteiger partial charge in [0.05, 0.1) is 20.7 Å². The molecule has 0 spiro atoms. The predicted octanol–water partition coefficient (Wildman–Crippen LogP) is 2.42. The molecule has 1 aromatic rings. The highest BCUT2D eigenvalue weighted by molar-refractivity contribution is 7.85. The molecule has 1 unspecified atom stereocenters. The number of carbonyl (C=O) groups is 1. The number of Topliss-reactive ketones (excluding diaryl/α,β-unsaturated/α-hetero) is 1. The highest BCUT2D eigenvalue weighted by Gasteiger charge is 2.22. The molecule has 1 atom stereocenters. The van der Waals surface area contributed by atoms with Gasteiger partial charge in [0.15, 0.2) is 5.78 Å². The topological polar surface area (TPSA) is 34.1 Å². The first-order valence-electron chi connectivity index (χ1n) is 4.40. The Bertz CT molecular complexity index is 415. The van der Waals surface area contributed by atoms with Crippen molar-refractivity contribution in [1.82, 2.24) is 0 Å². The first kappa shape index (κ1) is 9.87. The minimum absolute atomic E-state index is 0.0494. The molecule has 0 amide bonds. The summed E-state index contributed by atoms with van der Waals surface area (Å²) in [6.45, 7) is 0. The van der Waals surface area contributed by atoms with Gasteiger partial charge in [0.25, 0.3) is 0 Å². The maximum atomic E-state index is 11.7. The van der Waals surface area contributed by atoms with Gasteiger partial charge in [-0.2, -0.15) is 0 Å². The van der Waals surface area contributed by atoms with Gasteiger partial charge in [-0.05, 0) is 12.5 Å². The maximum absolute atomic E-state index is 11.7. The lowest BCUT2D eigenvalue weighted by atomic mass is 10.1. The Kier molecular flexibility index (Phi) is 2.70. The summed E-state index contributed by atoms with van der Waals surface area (Å²) in [4.78, 5) is 12.1. The van der Waals surface area contributed by atoms with Crippen molar-refractivity contribution in [2.45, 2.75) is 17.7 Å². The molecule has 74 valence electrons. The molecule has 1 heterocycles. The molecule has 2 nitrogen and oxygen atoms in total. The van der Waals surface area contributed by atoms with Gasteiger partial charge in [-0.1, -0.05) is 23.7 Å². The van der Waals surface area contributed by atoms with Crippen molar-refractivity contribution in [2.75, 3.05) is 5.75 Å². The summed E-state index contributed by atoms with van der Waals surface area (Å²) in [7, 11) is -1.12. The second-order valence-electron chi connectivity index (χ2n) is 3.19. The fourth-order valence-electron chi connectivity index (χ4n) is 1.56. The van der Waals surface area contributed by atoms with E-state index in [1.54, 1.807) is 18.2 Å². The SMILES string of the molecule is O=C1CCCS(=O)c2c(Cl)cccc21. The third-order valence-electron chi connectivity index (χ3n) is 2.23. The number of fused-ring (bicyclic) bond motifs is 1. The van der Waals surface area contributed by atoms with Crippen molar-refractivity contribution in [3.63, 3.8) is 0 Å². The molecule has 0 saturated carbocycles. The average molecular weight is 229 g/mol. The molecule has 0 radical (unpaired) electrons. The molecule has 14 heavy (non-hydrogen) atoms. The van der Waals surface area contributed by atoms with Gasteiger partial charge in [0, 0.05) is 17.7 Å². The van der Waals surface area contributed by atoms with Crippen LogP contribution < -0.4 is 0 Å². The molecular formula is C10H9ClO2S. The van der Waals surface area contributed by atoms with E-state index in [1.807, 2.05) is 0 Å². The first-order valence-corrected chi connectivity index (χ1v) is 6.10. The molecule has 1 aliphatic heterocycles. The van der Waals surface area contributed by atoms with Crippen LogP contribution in [0.1, 0.15) is 23.2 Å². The van der Waals surface area contributed by atoms with E-state index in [0.29, 0.717) is 34.1 Å². The Labute approximate surface area is 89.7 Å². The van der Waals surface area contributed by atoms with E-state index in [4.69, 9.17) is 11.6 Å². The molecule has 0 N–H and O–H groups in total. The number of ketones is 1. The van der Waals surface area contributed by atoms with Crippen LogP contribution in [-0.2, 0) is 10.8 Å². The van der Waals surface area contributed by atoms with E-state index in [9.17, 15) is 9.00 Å². The Hall–Kier alpha value is -0.670. The minimum Gasteiger partial charge on any atom is -0.294 e. The summed E-state index contributed by atoms with van der Waals surface area (Å²) in [5.74, 6) is 0.580. The van der Waals surface area contributed by atoms with Crippen LogP contribution in [0.25, 0.3) is 0 Å². The van der Waals surface area contributed by atoms with Crippen molar-refractivity contribution in [3.8, 4) is 0 Å². The Morgan fingerprint density at radius 2 is 2.14 bits per heavy atom. The van der Waals surface area contributed by atoms with Crippen molar-refractivity contribution in [2.24, 2.45) is 0 Å². The van der Waals surface area contributed by atoms with Crippen LogP contribution >= 0.6 is 11.6 Å². The monoisotopic (exact) mass is 228 g/mol. The van der Waals surface area contributed by atoms with Crippen molar-refractivity contribution < 1.29 is 9.00 Å². The highest BCUT2D eigenvalue weighted by Crippen LogP contribution is 2.28. The van der Waals surface area contributed by atoms with Crippen LogP contribution in [0.3, 0.4) is 0 Å². The van der Waals surface area contributed by atoms with E-state index >= 15 is 0 Å². The summed E-state index contributed by atoms with van der Waals surface area (Å²) in [5.41, 5.74) is 0.535. The predicted molar refractivity (Wildman–Crippen MR) is 56.3 cm³/mol. The van der Waals surface area contributed by atoms with E-state index in [2.05, 4.69) is 0 Å². The largest absolute Gasteiger partial charge is 0.294 e. The number of benzene rings is 1. The zero-order valence-electron chi connectivity index (χ0n) is 7.46. The van der Waals surface area contributed by atoms with Gasteiger partial charge in [-0.25, -0.2) is 0 Å². The molecule has 0 aliphatic carbocycles. The molecule has 4 heteroatoms. The average Bonchev–Trinajstić information content (AvgIpc) is 2.29. The third kappa shape index (κ3) is 1.62. The van der Waals surface area contributed by atoms with Gasteiger partial charge in [-0.3, -0.25) is 9.00 Å². The van der Waals surface area contributed by atoms with Crippen LogP contribution in [0.4, 0.5) is 0 Å². The summed E-state index contributed by atoms with van der Waals surface area (Å²) in [5, 5.41) is 0.441. The molecule has 0 aromatic heterocycles. The molecule has 1 aromatic carbocycles. The number of halogens is 1. The number of rotatable bonds is 0. The number of hydrogen-bond acceptors (Lipinski definition) is 2. The van der Waals surface area contributed by atoms with Crippen LogP contribution in [-0.4, -0.2) is 15.7 Å². The quantitative estimate of drug-likeness (QED) is 0.684.